The molecule has 1 aromatic heterocycles. The molecule has 0 saturated heterocycles. The molecule has 0 aliphatic carbocycles. The van der Waals surface area contributed by atoms with E-state index in [4.69, 9.17) is 0 Å². The molecule has 0 aliphatic heterocycles. The minimum atomic E-state index is 0.530. The van der Waals surface area contributed by atoms with Crippen molar-refractivity contribution in [1.29, 1.82) is 0 Å². The second-order valence-electron chi connectivity index (χ2n) is 3.92. The Morgan fingerprint density at radius 2 is 2.27 bits per heavy atom. The topological polar surface area (TPSA) is 28.2 Å². The van der Waals surface area contributed by atoms with Crippen LogP contribution in [0.1, 0.15) is 25.8 Å². The zero-order valence-electron chi connectivity index (χ0n) is 10.1. The van der Waals surface area contributed by atoms with Gasteiger partial charge in [-0.2, -0.15) is 0 Å². The van der Waals surface area contributed by atoms with Gasteiger partial charge in [0.2, 0.25) is 0 Å². The Kier molecular flexibility index (Phi) is 4.56. The summed E-state index contributed by atoms with van der Waals surface area (Å²) in [5.74, 6) is 1.05. The van der Waals surface area contributed by atoms with Crippen molar-refractivity contribution in [2.75, 3.05) is 19.0 Å². The van der Waals surface area contributed by atoms with Crippen LogP contribution in [0.5, 0.6) is 0 Å². The van der Waals surface area contributed by atoms with Crippen LogP contribution in [-0.2, 0) is 6.54 Å². The fourth-order valence-corrected chi connectivity index (χ4v) is 1.47. The highest BCUT2D eigenvalue weighted by molar-refractivity contribution is 5.40. The van der Waals surface area contributed by atoms with Gasteiger partial charge in [-0.1, -0.05) is 6.92 Å². The van der Waals surface area contributed by atoms with E-state index in [9.17, 15) is 0 Å². The van der Waals surface area contributed by atoms with E-state index >= 15 is 0 Å². The standard InChI is InChI=1S/C12H21N3/c1-5-10(2)15(4)12-8-11(9-13-3)6-7-14-12/h6-8,10,13H,5,9H2,1-4H3. The van der Waals surface area contributed by atoms with Crippen LogP contribution in [-0.4, -0.2) is 25.1 Å². The van der Waals surface area contributed by atoms with Crippen LogP contribution in [0.3, 0.4) is 0 Å². The van der Waals surface area contributed by atoms with E-state index < -0.39 is 0 Å². The number of rotatable bonds is 5. The normalized spacial score (nSPS) is 12.5. The lowest BCUT2D eigenvalue weighted by Crippen LogP contribution is -2.28. The lowest BCUT2D eigenvalue weighted by Gasteiger charge is -2.25. The first kappa shape index (κ1) is 12.0. The molecule has 0 saturated carbocycles. The van der Waals surface area contributed by atoms with Crippen molar-refractivity contribution in [3.63, 3.8) is 0 Å². The molecule has 1 atom stereocenters. The van der Waals surface area contributed by atoms with E-state index in [1.54, 1.807) is 0 Å². The SMILES string of the molecule is CCC(C)N(C)c1cc(CNC)ccn1. The summed E-state index contributed by atoms with van der Waals surface area (Å²) in [5, 5.41) is 3.15. The van der Waals surface area contributed by atoms with Crippen molar-refractivity contribution in [2.24, 2.45) is 0 Å². The molecule has 1 heterocycles. The molecule has 1 N–H and O–H groups in total. The van der Waals surface area contributed by atoms with Crippen molar-refractivity contribution in [3.05, 3.63) is 23.9 Å². The first-order chi connectivity index (χ1) is 7.19. The predicted molar refractivity (Wildman–Crippen MR) is 65.2 cm³/mol. The lowest BCUT2D eigenvalue weighted by atomic mass is 10.2. The smallest absolute Gasteiger partial charge is 0.128 e. The quantitative estimate of drug-likeness (QED) is 0.801. The summed E-state index contributed by atoms with van der Waals surface area (Å²) in [7, 11) is 4.05. The van der Waals surface area contributed by atoms with Crippen LogP contribution < -0.4 is 10.2 Å². The van der Waals surface area contributed by atoms with E-state index in [-0.39, 0.29) is 0 Å². The van der Waals surface area contributed by atoms with Gasteiger partial charge in [0, 0.05) is 25.8 Å². The third-order valence-electron chi connectivity index (χ3n) is 2.80. The highest BCUT2D eigenvalue weighted by Crippen LogP contribution is 2.14. The maximum absolute atomic E-state index is 4.39. The number of hydrogen-bond donors (Lipinski definition) is 1. The maximum atomic E-state index is 4.39. The molecule has 0 fully saturated rings. The second-order valence-corrected chi connectivity index (χ2v) is 3.92. The van der Waals surface area contributed by atoms with Crippen molar-refractivity contribution in [2.45, 2.75) is 32.9 Å². The molecule has 0 radical (unpaired) electrons. The van der Waals surface area contributed by atoms with E-state index in [1.807, 2.05) is 19.3 Å². The Labute approximate surface area is 92.5 Å². The summed E-state index contributed by atoms with van der Waals surface area (Å²) in [5.41, 5.74) is 1.28. The van der Waals surface area contributed by atoms with Crippen molar-refractivity contribution >= 4 is 5.82 Å². The first-order valence-corrected chi connectivity index (χ1v) is 5.51. The van der Waals surface area contributed by atoms with E-state index in [0.717, 1.165) is 18.8 Å². The maximum Gasteiger partial charge on any atom is 0.128 e. The molecule has 0 bridgehead atoms. The molecule has 0 spiro atoms. The fourth-order valence-electron chi connectivity index (χ4n) is 1.47. The minimum Gasteiger partial charge on any atom is -0.357 e. The van der Waals surface area contributed by atoms with Crippen LogP contribution in [0, 0.1) is 0 Å². The predicted octanol–water partition coefficient (Wildman–Crippen LogP) is 2.04. The highest BCUT2D eigenvalue weighted by Gasteiger charge is 2.08. The number of pyridine rings is 1. The Hall–Kier alpha value is -1.09. The zero-order chi connectivity index (χ0) is 11.3. The molecule has 0 aliphatic rings. The molecule has 84 valence electrons. The molecule has 1 aromatic rings. The summed E-state index contributed by atoms with van der Waals surface area (Å²) >= 11 is 0. The van der Waals surface area contributed by atoms with E-state index in [0.29, 0.717) is 6.04 Å². The zero-order valence-corrected chi connectivity index (χ0v) is 10.1. The van der Waals surface area contributed by atoms with Gasteiger partial charge in [0.25, 0.3) is 0 Å². The average molecular weight is 207 g/mol. The van der Waals surface area contributed by atoms with Crippen LogP contribution in [0.25, 0.3) is 0 Å². The Bertz CT molecular complexity index is 299. The molecule has 1 unspecified atom stereocenters. The fraction of sp³-hybridized carbons (Fsp3) is 0.583. The van der Waals surface area contributed by atoms with Crippen LogP contribution in [0.15, 0.2) is 18.3 Å². The largest absolute Gasteiger partial charge is 0.357 e. The van der Waals surface area contributed by atoms with Gasteiger partial charge < -0.3 is 10.2 Å². The summed E-state index contributed by atoms with van der Waals surface area (Å²) in [4.78, 5) is 6.61. The van der Waals surface area contributed by atoms with Crippen LogP contribution in [0.4, 0.5) is 5.82 Å². The van der Waals surface area contributed by atoms with Crippen molar-refractivity contribution < 1.29 is 0 Å². The van der Waals surface area contributed by atoms with Gasteiger partial charge in [0.05, 0.1) is 0 Å². The number of aromatic nitrogens is 1. The van der Waals surface area contributed by atoms with Gasteiger partial charge in [-0.05, 0) is 38.1 Å². The molecule has 3 nitrogen and oxygen atoms in total. The summed E-state index contributed by atoms with van der Waals surface area (Å²) in [6.45, 7) is 5.30. The van der Waals surface area contributed by atoms with E-state index in [2.05, 4.69) is 42.2 Å². The van der Waals surface area contributed by atoms with Crippen LogP contribution in [0.2, 0.25) is 0 Å². The van der Waals surface area contributed by atoms with Gasteiger partial charge >= 0.3 is 0 Å². The summed E-state index contributed by atoms with van der Waals surface area (Å²) in [6, 6.07) is 4.72. The van der Waals surface area contributed by atoms with Gasteiger partial charge in [-0.25, -0.2) is 4.98 Å². The highest BCUT2D eigenvalue weighted by atomic mass is 15.2. The van der Waals surface area contributed by atoms with Gasteiger partial charge in [-0.3, -0.25) is 0 Å². The lowest BCUT2D eigenvalue weighted by molar-refractivity contribution is 0.656. The monoisotopic (exact) mass is 207 g/mol. The Morgan fingerprint density at radius 1 is 1.53 bits per heavy atom. The number of anilines is 1. The summed E-state index contributed by atoms with van der Waals surface area (Å²) < 4.78 is 0. The molecular formula is C12H21N3. The number of nitrogens with zero attached hydrogens (tertiary/aromatic N) is 2. The molecule has 1 rings (SSSR count). The Balaban J connectivity index is 2.80. The molecule has 0 amide bonds. The molecule has 3 heteroatoms. The molecular weight excluding hydrogens is 186 g/mol. The molecule has 15 heavy (non-hydrogen) atoms. The third-order valence-corrected chi connectivity index (χ3v) is 2.80. The second kappa shape index (κ2) is 5.71. The average Bonchev–Trinajstić information content (AvgIpc) is 2.28. The Morgan fingerprint density at radius 3 is 2.87 bits per heavy atom. The summed E-state index contributed by atoms with van der Waals surface area (Å²) in [6.07, 6.45) is 3.01. The van der Waals surface area contributed by atoms with Gasteiger partial charge in [0.1, 0.15) is 5.82 Å². The number of hydrogen-bond acceptors (Lipinski definition) is 3. The van der Waals surface area contributed by atoms with Crippen LogP contribution >= 0.6 is 0 Å². The first-order valence-electron chi connectivity index (χ1n) is 5.51. The van der Waals surface area contributed by atoms with Crippen molar-refractivity contribution in [1.82, 2.24) is 10.3 Å². The van der Waals surface area contributed by atoms with Crippen molar-refractivity contribution in [3.8, 4) is 0 Å². The molecule has 0 aromatic carbocycles. The van der Waals surface area contributed by atoms with Gasteiger partial charge in [-0.15, -0.1) is 0 Å². The van der Waals surface area contributed by atoms with Gasteiger partial charge in [0.15, 0.2) is 0 Å². The number of nitrogens with one attached hydrogen (secondary N) is 1. The van der Waals surface area contributed by atoms with E-state index in [1.165, 1.54) is 5.56 Å². The minimum absolute atomic E-state index is 0.530. The third kappa shape index (κ3) is 3.20.